The van der Waals surface area contributed by atoms with Crippen LogP contribution in [0, 0.1) is 0 Å². The Morgan fingerprint density at radius 3 is 1.50 bits per heavy atom. The van der Waals surface area contributed by atoms with Crippen LogP contribution < -0.4 is 33.7 Å². The van der Waals surface area contributed by atoms with E-state index in [1.54, 1.807) is 0 Å². The minimum absolute atomic E-state index is 0. The van der Waals surface area contributed by atoms with Crippen molar-refractivity contribution in [1.82, 2.24) is 0 Å². The van der Waals surface area contributed by atoms with E-state index >= 15 is 0 Å². The van der Waals surface area contributed by atoms with Crippen LogP contribution in [0.4, 0.5) is 0 Å². The van der Waals surface area contributed by atoms with Crippen molar-refractivity contribution in [1.29, 1.82) is 0 Å². The fourth-order valence-corrected chi connectivity index (χ4v) is 0. The molecular weight excluding hydrogens is 162 g/mol. The molecule has 0 spiro atoms. The van der Waals surface area contributed by atoms with Gasteiger partial charge in [-0.3, -0.25) is 0 Å². The zero-order valence-electron chi connectivity index (χ0n) is 3.63. The maximum Gasteiger partial charge on any atom is 1.00 e. The van der Waals surface area contributed by atoms with Crippen molar-refractivity contribution in [3.8, 4) is 0 Å². The van der Waals surface area contributed by atoms with Gasteiger partial charge in [0, 0.05) is 0 Å². The number of hydrogen-bond donors (Lipinski definition) is 0. The molecule has 0 aromatic heterocycles. The molecule has 0 aliphatic heterocycles. The van der Waals surface area contributed by atoms with Gasteiger partial charge in [-0.05, 0) is 0 Å². The van der Waals surface area contributed by atoms with Gasteiger partial charge < -0.3 is 0 Å². The van der Waals surface area contributed by atoms with Crippen LogP contribution in [0.2, 0.25) is 5.82 Å². The monoisotopic (exact) mass is 166 g/mol. The van der Waals surface area contributed by atoms with Gasteiger partial charge in [-0.2, -0.15) is 0 Å². The van der Waals surface area contributed by atoms with Gasteiger partial charge in [-0.15, -0.1) is 0 Å². The van der Waals surface area contributed by atoms with Gasteiger partial charge >= 0.3 is 60.3 Å². The second-order valence-electron chi connectivity index (χ2n) is 0.704. The van der Waals surface area contributed by atoms with Gasteiger partial charge in [0.1, 0.15) is 0 Å². The normalized spacial score (nSPS) is 9.67. The third kappa shape index (κ3) is 72.5. The Labute approximate surface area is 60.0 Å². The average Bonchev–Trinajstić information content (AvgIpc) is 0.722. The molecule has 5 heteroatoms. The summed E-state index contributed by atoms with van der Waals surface area (Å²) in [4.78, 5) is 0. The molecule has 0 aliphatic rings. The van der Waals surface area contributed by atoms with Gasteiger partial charge in [-0.1, -0.05) is 0 Å². The average molecular weight is 165 g/mol. The van der Waals surface area contributed by atoms with Crippen LogP contribution in [0.5, 0.6) is 0 Å². The van der Waals surface area contributed by atoms with Gasteiger partial charge in [0.05, 0.1) is 0 Å². The molecule has 0 saturated heterocycles. The fraction of sp³-hybridized carbons (Fsp3) is 1.00. The Kier molecular flexibility index (Phi) is 5.29. The molecule has 0 unspecified atom stereocenters. The summed E-state index contributed by atoms with van der Waals surface area (Å²) in [7, 11) is 0. The molecule has 0 aliphatic carbocycles. The van der Waals surface area contributed by atoms with E-state index < -0.39 is 13.0 Å². The third-order valence-electron chi connectivity index (χ3n) is 0. The predicted octanol–water partition coefficient (Wildman–Crippen LogP) is -4.22. The summed E-state index contributed by atoms with van der Waals surface area (Å²) in [6, 6.07) is 0. The molecule has 0 heterocycles. The van der Waals surface area contributed by atoms with E-state index in [0.717, 1.165) is 0 Å². The summed E-state index contributed by atoms with van der Waals surface area (Å²) in [6.45, 7) is 0. The summed E-state index contributed by atoms with van der Waals surface area (Å²) in [5.74, 6) is 0.677. The molecule has 0 N–H and O–H groups in total. The van der Waals surface area contributed by atoms with Crippen molar-refractivity contribution in [2.24, 2.45) is 0 Å². The third-order valence-corrected chi connectivity index (χ3v) is 0. The van der Waals surface area contributed by atoms with E-state index in [9.17, 15) is 0 Å². The Morgan fingerprint density at radius 2 is 1.50 bits per heavy atom. The summed E-state index contributed by atoms with van der Waals surface area (Å²) in [5.41, 5.74) is 0. The van der Waals surface area contributed by atoms with Crippen molar-refractivity contribution < 1.29 is 41.4 Å². The van der Waals surface area contributed by atoms with E-state index in [-0.39, 0.29) is 29.6 Å². The molecule has 0 atom stereocenters. The minimum atomic E-state index is -4.50. The van der Waals surface area contributed by atoms with Crippen molar-refractivity contribution >= 4 is 13.0 Å². The molecule has 0 radical (unpaired) electrons. The van der Waals surface area contributed by atoms with Crippen LogP contribution in [0.3, 0.4) is 0 Å². The molecule has 0 fully saturated rings. The van der Waals surface area contributed by atoms with Crippen LogP contribution in [-0.2, 0) is 7.67 Å². The zero-order valence-corrected chi connectivity index (χ0v) is 7.35. The summed E-state index contributed by atoms with van der Waals surface area (Å²) in [6.07, 6.45) is 0. The maximum absolute atomic E-state index is 9.15. The SMILES string of the molecule is C[Se](=O)(=O)[O-].[Na+]. The molecule has 0 aromatic carbocycles. The van der Waals surface area contributed by atoms with E-state index in [1.165, 1.54) is 0 Å². The molecule has 32 valence electrons. The van der Waals surface area contributed by atoms with E-state index in [0.29, 0.717) is 5.82 Å². The molecule has 3 nitrogen and oxygen atoms in total. The van der Waals surface area contributed by atoms with Crippen molar-refractivity contribution in [2.75, 3.05) is 0 Å². The first-order chi connectivity index (χ1) is 2.00. The summed E-state index contributed by atoms with van der Waals surface area (Å²) < 4.78 is 27.4. The van der Waals surface area contributed by atoms with E-state index in [4.69, 9.17) is 11.9 Å². The first kappa shape index (κ1) is 10.1. The van der Waals surface area contributed by atoms with Crippen molar-refractivity contribution in [2.45, 2.75) is 5.82 Å². The Hall–Kier alpha value is 1.08. The van der Waals surface area contributed by atoms with Crippen LogP contribution >= 0.6 is 0 Å². The predicted molar refractivity (Wildman–Crippen MR) is 13.0 cm³/mol. The second kappa shape index (κ2) is 3.13. The molecule has 0 saturated carbocycles. The molecule has 6 heavy (non-hydrogen) atoms. The number of hydrogen-bond acceptors (Lipinski definition) is 3. The zero-order chi connectivity index (χ0) is 4.50. The van der Waals surface area contributed by atoms with Crippen LogP contribution in [0.15, 0.2) is 0 Å². The van der Waals surface area contributed by atoms with Crippen LogP contribution in [0.25, 0.3) is 0 Å². The standard InChI is InChI=1S/CH4O3Se.Na/c1-5(2,3)4;/h1H3,(H,2,3,4);/q;+1/p-1. The minimum Gasteiger partial charge on any atom is 1.00 e. The summed E-state index contributed by atoms with van der Waals surface area (Å²) >= 11 is -4.50. The smallest absolute Gasteiger partial charge is 1.00 e. The number of rotatable bonds is 0. The Balaban J connectivity index is 0. The van der Waals surface area contributed by atoms with Gasteiger partial charge in [0.2, 0.25) is 0 Å². The molecule has 0 amide bonds. The van der Waals surface area contributed by atoms with E-state index in [1.807, 2.05) is 0 Å². The fourth-order valence-electron chi connectivity index (χ4n) is 0. The largest absolute Gasteiger partial charge is 1.00 e. The van der Waals surface area contributed by atoms with Crippen LogP contribution in [-0.4, -0.2) is 13.0 Å². The first-order valence-electron chi connectivity index (χ1n) is 0.908. The first-order valence-corrected chi connectivity index (χ1v) is 4.72. The van der Waals surface area contributed by atoms with Gasteiger partial charge in [-0.25, -0.2) is 0 Å². The Morgan fingerprint density at radius 1 is 1.50 bits per heavy atom. The van der Waals surface area contributed by atoms with Crippen molar-refractivity contribution in [3.05, 3.63) is 0 Å². The summed E-state index contributed by atoms with van der Waals surface area (Å²) in [5, 5.41) is 0. The van der Waals surface area contributed by atoms with Gasteiger partial charge in [0.15, 0.2) is 0 Å². The molecule has 0 rings (SSSR count). The van der Waals surface area contributed by atoms with E-state index in [2.05, 4.69) is 0 Å². The Bertz CT molecular complexity index is 94.0. The quantitative estimate of drug-likeness (QED) is 0.342. The van der Waals surface area contributed by atoms with Crippen LogP contribution in [0.1, 0.15) is 0 Å². The molecule has 0 bridgehead atoms. The van der Waals surface area contributed by atoms with Crippen molar-refractivity contribution in [3.63, 3.8) is 0 Å². The maximum atomic E-state index is 9.15. The topological polar surface area (TPSA) is 57.2 Å². The molecular formula is CH3NaO3Se. The second-order valence-corrected chi connectivity index (χ2v) is 3.66. The molecule has 0 aromatic rings. The van der Waals surface area contributed by atoms with Gasteiger partial charge in [0.25, 0.3) is 0 Å².